The van der Waals surface area contributed by atoms with Gasteiger partial charge in [0.1, 0.15) is 6.33 Å². The van der Waals surface area contributed by atoms with Gasteiger partial charge in [-0.1, -0.05) is 0 Å². The summed E-state index contributed by atoms with van der Waals surface area (Å²) in [5, 5.41) is 0. The first-order valence-corrected chi connectivity index (χ1v) is 7.58. The smallest absolute Gasteiger partial charge is 0.115 e. The highest BCUT2D eigenvalue weighted by Crippen LogP contribution is 2.27. The normalized spacial score (nSPS) is 20.6. The van der Waals surface area contributed by atoms with Crippen molar-refractivity contribution in [2.75, 3.05) is 13.1 Å². The Morgan fingerprint density at radius 3 is 3.11 bits per heavy atom. The molecule has 5 heteroatoms. The molecule has 4 nitrogen and oxygen atoms in total. The Hall–Kier alpha value is -1.33. The van der Waals surface area contributed by atoms with Crippen LogP contribution in [0, 0.1) is 6.92 Å². The number of aryl methyl sites for hydroxylation is 1. The van der Waals surface area contributed by atoms with Crippen LogP contribution in [0.1, 0.15) is 35.0 Å². The topological polar surface area (TPSA) is 41.9 Å². The van der Waals surface area contributed by atoms with Gasteiger partial charge in [0.25, 0.3) is 0 Å². The van der Waals surface area contributed by atoms with Crippen molar-refractivity contribution in [2.24, 2.45) is 0 Å². The molecule has 0 bridgehead atoms. The lowest BCUT2D eigenvalue weighted by Gasteiger charge is -2.32. The van der Waals surface area contributed by atoms with E-state index in [1.807, 2.05) is 17.8 Å². The summed E-state index contributed by atoms with van der Waals surface area (Å²) >= 11 is 1.76. The van der Waals surface area contributed by atoms with Crippen molar-refractivity contribution in [1.29, 1.82) is 0 Å². The van der Waals surface area contributed by atoms with Crippen molar-refractivity contribution >= 4 is 11.3 Å². The molecular formula is C14H18N4S. The number of thiazole rings is 1. The van der Waals surface area contributed by atoms with Crippen LogP contribution in [0.4, 0.5) is 0 Å². The molecule has 1 aliphatic heterocycles. The number of rotatable bonds is 3. The first kappa shape index (κ1) is 12.7. The standard InChI is InChI=1S/C14H18N4S/c1-11-14(19-10-17-11)8-18-6-2-3-12(7-18)13-4-5-15-9-16-13/h4-5,9-10,12H,2-3,6-8H2,1H3/t12-/m0/s1. The fraction of sp³-hybridized carbons (Fsp3) is 0.500. The molecule has 19 heavy (non-hydrogen) atoms. The minimum atomic E-state index is 0.546. The number of hydrogen-bond acceptors (Lipinski definition) is 5. The Morgan fingerprint density at radius 2 is 2.37 bits per heavy atom. The molecule has 1 aliphatic rings. The fourth-order valence-electron chi connectivity index (χ4n) is 2.66. The van der Waals surface area contributed by atoms with Gasteiger partial charge in [0.05, 0.1) is 11.2 Å². The van der Waals surface area contributed by atoms with Crippen LogP contribution in [-0.2, 0) is 6.54 Å². The molecule has 1 atom stereocenters. The molecule has 0 radical (unpaired) electrons. The molecule has 3 heterocycles. The highest BCUT2D eigenvalue weighted by atomic mass is 32.1. The van der Waals surface area contributed by atoms with E-state index < -0.39 is 0 Å². The lowest BCUT2D eigenvalue weighted by atomic mass is 9.94. The molecule has 2 aromatic heterocycles. The summed E-state index contributed by atoms with van der Waals surface area (Å²) in [4.78, 5) is 16.7. The SMILES string of the molecule is Cc1ncsc1CN1CCC[C@H](c2ccncn2)C1. The Morgan fingerprint density at radius 1 is 1.42 bits per heavy atom. The van der Waals surface area contributed by atoms with Gasteiger partial charge in [-0.3, -0.25) is 4.90 Å². The van der Waals surface area contributed by atoms with E-state index in [1.165, 1.54) is 35.7 Å². The third-order valence-electron chi connectivity index (χ3n) is 3.74. The average molecular weight is 274 g/mol. The van der Waals surface area contributed by atoms with Crippen LogP contribution < -0.4 is 0 Å². The van der Waals surface area contributed by atoms with Gasteiger partial charge in [0.15, 0.2) is 0 Å². The molecule has 0 spiro atoms. The lowest BCUT2D eigenvalue weighted by Crippen LogP contribution is -2.34. The van der Waals surface area contributed by atoms with Crippen LogP contribution in [0.3, 0.4) is 0 Å². The minimum absolute atomic E-state index is 0.546. The van der Waals surface area contributed by atoms with E-state index in [0.717, 1.165) is 13.1 Å². The van der Waals surface area contributed by atoms with Crippen LogP contribution >= 0.6 is 11.3 Å². The summed E-state index contributed by atoms with van der Waals surface area (Å²) in [6.07, 6.45) is 5.97. The molecule has 0 N–H and O–H groups in total. The molecule has 0 amide bonds. The Kier molecular flexibility index (Phi) is 3.84. The number of likely N-dealkylation sites (tertiary alicyclic amines) is 1. The first-order chi connectivity index (χ1) is 9.33. The van der Waals surface area contributed by atoms with Crippen LogP contribution in [0.2, 0.25) is 0 Å². The van der Waals surface area contributed by atoms with Crippen molar-refractivity contribution in [2.45, 2.75) is 32.2 Å². The summed E-state index contributed by atoms with van der Waals surface area (Å²) in [6, 6.07) is 2.05. The summed E-state index contributed by atoms with van der Waals surface area (Å²) in [5.74, 6) is 0.546. The lowest BCUT2D eigenvalue weighted by molar-refractivity contribution is 0.199. The van der Waals surface area contributed by atoms with Crippen molar-refractivity contribution in [3.8, 4) is 0 Å². The third kappa shape index (κ3) is 2.98. The first-order valence-electron chi connectivity index (χ1n) is 6.70. The van der Waals surface area contributed by atoms with Crippen molar-refractivity contribution in [3.05, 3.63) is 40.4 Å². The Balaban J connectivity index is 1.67. The zero-order valence-electron chi connectivity index (χ0n) is 11.1. The monoisotopic (exact) mass is 274 g/mol. The molecule has 1 fully saturated rings. The van der Waals surface area contributed by atoms with E-state index >= 15 is 0 Å². The van der Waals surface area contributed by atoms with Gasteiger partial charge in [-0.15, -0.1) is 11.3 Å². The van der Waals surface area contributed by atoms with Gasteiger partial charge in [0.2, 0.25) is 0 Å². The maximum atomic E-state index is 4.40. The third-order valence-corrected chi connectivity index (χ3v) is 4.66. The van der Waals surface area contributed by atoms with Gasteiger partial charge < -0.3 is 0 Å². The van der Waals surface area contributed by atoms with Gasteiger partial charge in [-0.2, -0.15) is 0 Å². The van der Waals surface area contributed by atoms with Crippen LogP contribution in [0.25, 0.3) is 0 Å². The quantitative estimate of drug-likeness (QED) is 0.863. The molecule has 3 rings (SSSR count). The van der Waals surface area contributed by atoms with Gasteiger partial charge in [-0.25, -0.2) is 15.0 Å². The summed E-state index contributed by atoms with van der Waals surface area (Å²) in [6.45, 7) is 5.39. The molecule has 0 saturated carbocycles. The number of piperidine rings is 1. The summed E-state index contributed by atoms with van der Waals surface area (Å²) in [5.41, 5.74) is 4.30. The van der Waals surface area contributed by atoms with Crippen molar-refractivity contribution < 1.29 is 0 Å². The highest BCUT2D eigenvalue weighted by molar-refractivity contribution is 7.09. The fourth-order valence-corrected chi connectivity index (χ4v) is 3.48. The predicted octanol–water partition coefficient (Wildman–Crippen LogP) is 2.62. The number of aromatic nitrogens is 3. The summed E-state index contributed by atoms with van der Waals surface area (Å²) < 4.78 is 0. The van der Waals surface area contributed by atoms with Gasteiger partial charge in [0, 0.05) is 35.8 Å². The van der Waals surface area contributed by atoms with Crippen LogP contribution in [0.5, 0.6) is 0 Å². The zero-order chi connectivity index (χ0) is 13.1. The van der Waals surface area contributed by atoms with Crippen LogP contribution in [-0.4, -0.2) is 32.9 Å². The van der Waals surface area contributed by atoms with Crippen molar-refractivity contribution in [3.63, 3.8) is 0 Å². The molecule has 1 saturated heterocycles. The zero-order valence-corrected chi connectivity index (χ0v) is 11.9. The highest BCUT2D eigenvalue weighted by Gasteiger charge is 2.22. The van der Waals surface area contributed by atoms with Gasteiger partial charge >= 0.3 is 0 Å². The molecule has 100 valence electrons. The average Bonchev–Trinajstić information content (AvgIpc) is 2.86. The van der Waals surface area contributed by atoms with Crippen LogP contribution in [0.15, 0.2) is 24.1 Å². The molecular weight excluding hydrogens is 256 g/mol. The molecule has 0 aromatic carbocycles. The Labute approximate surface area is 117 Å². The van der Waals surface area contributed by atoms with Crippen molar-refractivity contribution in [1.82, 2.24) is 19.9 Å². The Bertz CT molecular complexity index is 525. The van der Waals surface area contributed by atoms with E-state index in [9.17, 15) is 0 Å². The largest absolute Gasteiger partial charge is 0.298 e. The second kappa shape index (κ2) is 5.75. The van der Waals surface area contributed by atoms with Gasteiger partial charge in [-0.05, 0) is 32.4 Å². The minimum Gasteiger partial charge on any atom is -0.298 e. The van der Waals surface area contributed by atoms with E-state index in [-0.39, 0.29) is 0 Å². The van der Waals surface area contributed by atoms with E-state index in [4.69, 9.17) is 0 Å². The second-order valence-corrected chi connectivity index (χ2v) is 6.01. The van der Waals surface area contributed by atoms with E-state index in [1.54, 1.807) is 17.7 Å². The number of hydrogen-bond donors (Lipinski definition) is 0. The number of nitrogens with zero attached hydrogens (tertiary/aromatic N) is 4. The summed E-state index contributed by atoms with van der Waals surface area (Å²) in [7, 11) is 0. The van der Waals surface area contributed by atoms with E-state index in [0.29, 0.717) is 5.92 Å². The molecule has 2 aromatic rings. The second-order valence-electron chi connectivity index (χ2n) is 5.07. The maximum absolute atomic E-state index is 4.40. The molecule has 0 unspecified atom stereocenters. The van der Waals surface area contributed by atoms with E-state index in [2.05, 4.69) is 26.8 Å². The predicted molar refractivity (Wildman–Crippen MR) is 76.1 cm³/mol. The maximum Gasteiger partial charge on any atom is 0.115 e. The molecule has 0 aliphatic carbocycles.